The number of carboxylic acids is 1. The smallest absolute Gasteiger partial charge is 0.305 e. The number of carbonyl (C=O) groups excluding carboxylic acids is 2. The van der Waals surface area contributed by atoms with Crippen molar-refractivity contribution >= 4 is 35.1 Å². The van der Waals surface area contributed by atoms with Gasteiger partial charge in [0.05, 0.1) is 23.0 Å². The zero-order chi connectivity index (χ0) is 17.0. The summed E-state index contributed by atoms with van der Waals surface area (Å²) in [6.07, 6.45) is 0.0160. The first-order valence-corrected chi connectivity index (χ1v) is 7.87. The topological polar surface area (TPSA) is 77.9 Å². The van der Waals surface area contributed by atoms with Crippen LogP contribution in [0, 0.1) is 5.92 Å². The Balaban J connectivity index is 2.08. The standard InChI is InChI=1S/C16H19ClN2O4/c1-2-18(8-7-15(21)22)16(23)11-9-14(20)19(10-11)13-6-4-3-5-12(13)17/h3-6,11H,2,7-10H2,1H3,(H,21,22). The molecule has 1 aromatic rings. The molecule has 1 fully saturated rings. The Bertz CT molecular complexity index is 620. The number of hydrogen-bond donors (Lipinski definition) is 1. The van der Waals surface area contributed by atoms with E-state index in [1.54, 1.807) is 31.2 Å². The molecular formula is C16H19ClN2O4. The van der Waals surface area contributed by atoms with Gasteiger partial charge in [0.2, 0.25) is 11.8 Å². The molecule has 1 N–H and O–H groups in total. The fourth-order valence-corrected chi connectivity index (χ4v) is 2.93. The number of halogens is 1. The Labute approximate surface area is 139 Å². The van der Waals surface area contributed by atoms with E-state index in [9.17, 15) is 14.4 Å². The van der Waals surface area contributed by atoms with Crippen LogP contribution in [0.4, 0.5) is 5.69 Å². The number of para-hydroxylation sites is 1. The summed E-state index contributed by atoms with van der Waals surface area (Å²) in [7, 11) is 0. The Hall–Kier alpha value is -2.08. The third kappa shape index (κ3) is 4.01. The Kier molecular flexibility index (Phi) is 5.60. The molecule has 7 heteroatoms. The van der Waals surface area contributed by atoms with E-state index in [-0.39, 0.29) is 37.7 Å². The summed E-state index contributed by atoms with van der Waals surface area (Å²) in [6.45, 7) is 2.64. The van der Waals surface area contributed by atoms with E-state index in [2.05, 4.69) is 0 Å². The molecule has 124 valence electrons. The minimum atomic E-state index is -0.948. The molecule has 0 bridgehead atoms. The Morgan fingerprint density at radius 1 is 1.39 bits per heavy atom. The van der Waals surface area contributed by atoms with Crippen LogP contribution in [0.15, 0.2) is 24.3 Å². The van der Waals surface area contributed by atoms with E-state index in [0.717, 1.165) is 0 Å². The van der Waals surface area contributed by atoms with Gasteiger partial charge in [0.15, 0.2) is 0 Å². The lowest BCUT2D eigenvalue weighted by atomic mass is 10.1. The lowest BCUT2D eigenvalue weighted by molar-refractivity contribution is -0.139. The number of aliphatic carboxylic acids is 1. The molecule has 1 aliphatic rings. The van der Waals surface area contributed by atoms with Gasteiger partial charge in [0.25, 0.3) is 0 Å². The monoisotopic (exact) mass is 338 g/mol. The van der Waals surface area contributed by atoms with Gasteiger partial charge in [-0.3, -0.25) is 14.4 Å². The predicted molar refractivity (Wildman–Crippen MR) is 86.4 cm³/mol. The lowest BCUT2D eigenvalue weighted by Crippen LogP contribution is -2.38. The van der Waals surface area contributed by atoms with Crippen LogP contribution in [-0.2, 0) is 14.4 Å². The normalized spacial score (nSPS) is 17.4. The van der Waals surface area contributed by atoms with E-state index in [0.29, 0.717) is 17.3 Å². The third-order valence-corrected chi connectivity index (χ3v) is 4.23. The highest BCUT2D eigenvalue weighted by atomic mass is 35.5. The molecule has 23 heavy (non-hydrogen) atoms. The van der Waals surface area contributed by atoms with Crippen LogP contribution in [0.3, 0.4) is 0 Å². The van der Waals surface area contributed by atoms with Crippen LogP contribution in [0.1, 0.15) is 19.8 Å². The molecule has 1 unspecified atom stereocenters. The fraction of sp³-hybridized carbons (Fsp3) is 0.438. The molecule has 0 saturated carbocycles. The first kappa shape index (κ1) is 17.3. The molecule has 1 aliphatic heterocycles. The van der Waals surface area contributed by atoms with E-state index >= 15 is 0 Å². The third-order valence-electron chi connectivity index (χ3n) is 3.91. The van der Waals surface area contributed by atoms with Crippen LogP contribution in [0.25, 0.3) is 0 Å². The summed E-state index contributed by atoms with van der Waals surface area (Å²) in [5, 5.41) is 9.22. The van der Waals surface area contributed by atoms with Crippen LogP contribution in [-0.4, -0.2) is 47.4 Å². The number of rotatable bonds is 6. The van der Waals surface area contributed by atoms with E-state index in [4.69, 9.17) is 16.7 Å². The molecule has 1 aromatic carbocycles. The van der Waals surface area contributed by atoms with Crippen molar-refractivity contribution in [3.8, 4) is 0 Å². The van der Waals surface area contributed by atoms with E-state index < -0.39 is 11.9 Å². The number of hydrogen-bond acceptors (Lipinski definition) is 3. The second-order valence-corrected chi connectivity index (χ2v) is 5.83. The van der Waals surface area contributed by atoms with Crippen molar-refractivity contribution in [3.63, 3.8) is 0 Å². The summed E-state index contributed by atoms with van der Waals surface area (Å²) in [6, 6.07) is 7.01. The maximum absolute atomic E-state index is 12.5. The summed E-state index contributed by atoms with van der Waals surface area (Å²) in [4.78, 5) is 38.4. The van der Waals surface area contributed by atoms with Gasteiger partial charge in [-0.1, -0.05) is 23.7 Å². The van der Waals surface area contributed by atoms with Gasteiger partial charge in [0, 0.05) is 26.1 Å². The van der Waals surface area contributed by atoms with E-state index in [1.807, 2.05) is 0 Å². The van der Waals surface area contributed by atoms with Gasteiger partial charge in [-0.15, -0.1) is 0 Å². The summed E-state index contributed by atoms with van der Waals surface area (Å²) >= 11 is 6.12. The van der Waals surface area contributed by atoms with Crippen molar-refractivity contribution in [1.29, 1.82) is 0 Å². The molecule has 0 radical (unpaired) electrons. The maximum atomic E-state index is 12.5. The first-order chi connectivity index (χ1) is 10.9. The molecule has 2 amide bonds. The minimum Gasteiger partial charge on any atom is -0.481 e. The molecule has 1 heterocycles. The second kappa shape index (κ2) is 7.46. The van der Waals surface area contributed by atoms with Gasteiger partial charge in [-0.05, 0) is 19.1 Å². The number of amides is 2. The number of anilines is 1. The highest BCUT2D eigenvalue weighted by Gasteiger charge is 2.37. The fourth-order valence-electron chi connectivity index (χ4n) is 2.69. The van der Waals surface area contributed by atoms with Gasteiger partial charge >= 0.3 is 5.97 Å². The van der Waals surface area contributed by atoms with Crippen molar-refractivity contribution in [2.24, 2.45) is 5.92 Å². The molecule has 1 saturated heterocycles. The van der Waals surface area contributed by atoms with Crippen LogP contribution < -0.4 is 4.90 Å². The minimum absolute atomic E-state index is 0.103. The SMILES string of the molecule is CCN(CCC(=O)O)C(=O)C1CC(=O)N(c2ccccc2Cl)C1. The molecule has 6 nitrogen and oxygen atoms in total. The largest absolute Gasteiger partial charge is 0.481 e. The van der Waals surface area contributed by atoms with E-state index in [1.165, 1.54) is 9.80 Å². The number of benzene rings is 1. The number of nitrogens with zero attached hydrogens (tertiary/aromatic N) is 2. The summed E-state index contributed by atoms with van der Waals surface area (Å²) in [5.74, 6) is -1.74. The second-order valence-electron chi connectivity index (χ2n) is 5.42. The quantitative estimate of drug-likeness (QED) is 0.860. The molecule has 1 atom stereocenters. The zero-order valence-corrected chi connectivity index (χ0v) is 13.6. The molecule has 2 rings (SSSR count). The van der Waals surface area contributed by atoms with Crippen molar-refractivity contribution in [3.05, 3.63) is 29.3 Å². The molecule has 0 aliphatic carbocycles. The summed E-state index contributed by atoms with van der Waals surface area (Å²) < 4.78 is 0. The van der Waals surface area contributed by atoms with Crippen molar-refractivity contribution < 1.29 is 19.5 Å². The highest BCUT2D eigenvalue weighted by molar-refractivity contribution is 6.33. The van der Waals surface area contributed by atoms with Gasteiger partial charge in [-0.2, -0.15) is 0 Å². The van der Waals surface area contributed by atoms with Gasteiger partial charge in [-0.25, -0.2) is 0 Å². The average molecular weight is 339 g/mol. The average Bonchev–Trinajstić information content (AvgIpc) is 2.89. The molecule has 0 aromatic heterocycles. The number of carbonyl (C=O) groups is 3. The van der Waals surface area contributed by atoms with Gasteiger partial charge < -0.3 is 14.9 Å². The van der Waals surface area contributed by atoms with Crippen LogP contribution in [0.2, 0.25) is 5.02 Å². The van der Waals surface area contributed by atoms with Crippen LogP contribution in [0.5, 0.6) is 0 Å². The summed E-state index contributed by atoms with van der Waals surface area (Å²) in [5.41, 5.74) is 0.600. The Morgan fingerprint density at radius 2 is 2.09 bits per heavy atom. The van der Waals surface area contributed by atoms with Crippen molar-refractivity contribution in [2.45, 2.75) is 19.8 Å². The van der Waals surface area contributed by atoms with Crippen LogP contribution >= 0.6 is 11.6 Å². The first-order valence-electron chi connectivity index (χ1n) is 7.49. The van der Waals surface area contributed by atoms with Crippen molar-refractivity contribution in [1.82, 2.24) is 4.90 Å². The zero-order valence-electron chi connectivity index (χ0n) is 12.9. The number of carboxylic acid groups (broad SMARTS) is 1. The molecular weight excluding hydrogens is 320 g/mol. The maximum Gasteiger partial charge on any atom is 0.305 e. The van der Waals surface area contributed by atoms with Crippen molar-refractivity contribution in [2.75, 3.05) is 24.5 Å². The highest BCUT2D eigenvalue weighted by Crippen LogP contribution is 2.31. The Morgan fingerprint density at radius 3 is 2.70 bits per heavy atom. The molecule has 0 spiro atoms. The van der Waals surface area contributed by atoms with Gasteiger partial charge in [0.1, 0.15) is 0 Å². The predicted octanol–water partition coefficient (Wildman–Crippen LogP) is 2.02. The lowest BCUT2D eigenvalue weighted by Gasteiger charge is -2.24.